The molecule has 0 bridgehead atoms. The third kappa shape index (κ3) is 4.19. The average molecular weight is 396 g/mol. The van der Waals surface area contributed by atoms with Crippen molar-refractivity contribution in [3.8, 4) is 0 Å². The summed E-state index contributed by atoms with van der Waals surface area (Å²) >= 11 is 0. The molecule has 29 heavy (non-hydrogen) atoms. The van der Waals surface area contributed by atoms with Crippen molar-refractivity contribution in [2.75, 3.05) is 37.7 Å². The van der Waals surface area contributed by atoms with Crippen LogP contribution in [0.4, 0.5) is 5.95 Å². The van der Waals surface area contributed by atoms with Crippen LogP contribution in [-0.4, -0.2) is 53.6 Å². The molecule has 2 aromatic rings. The molecule has 1 N–H and O–H groups in total. The minimum Gasteiger partial charge on any atom is -0.378 e. The molecule has 0 atom stereocenters. The molecule has 1 aromatic heterocycles. The number of morpholine rings is 1. The number of carbonyl (C=O) groups excluding carboxylic acids is 1. The molecule has 1 saturated heterocycles. The maximum absolute atomic E-state index is 12.8. The number of H-pyrrole nitrogens is 1. The van der Waals surface area contributed by atoms with Crippen molar-refractivity contribution in [1.29, 1.82) is 0 Å². The summed E-state index contributed by atoms with van der Waals surface area (Å²) in [6.45, 7) is 8.07. The number of ether oxygens (including phenoxy) is 1. The van der Waals surface area contributed by atoms with Gasteiger partial charge in [0, 0.05) is 43.9 Å². The van der Waals surface area contributed by atoms with Crippen molar-refractivity contribution in [1.82, 2.24) is 14.9 Å². The van der Waals surface area contributed by atoms with Crippen LogP contribution in [0.5, 0.6) is 0 Å². The molecule has 0 unspecified atom stereocenters. The Hall–Kier alpha value is -2.67. The number of aryl methyl sites for hydroxylation is 2. The van der Waals surface area contributed by atoms with Crippen LogP contribution in [0.1, 0.15) is 34.4 Å². The first kappa shape index (κ1) is 19.6. The van der Waals surface area contributed by atoms with Crippen LogP contribution < -0.4 is 10.5 Å². The maximum Gasteiger partial charge on any atom is 0.255 e. The van der Waals surface area contributed by atoms with Gasteiger partial charge in [0.05, 0.1) is 13.2 Å². The van der Waals surface area contributed by atoms with Crippen molar-refractivity contribution in [2.24, 2.45) is 0 Å². The molecule has 1 amide bonds. The van der Waals surface area contributed by atoms with E-state index in [4.69, 9.17) is 4.74 Å². The fraction of sp³-hybridized carbons (Fsp3) is 0.500. The minimum absolute atomic E-state index is 0.0909. The van der Waals surface area contributed by atoms with Crippen molar-refractivity contribution in [3.63, 3.8) is 0 Å². The molecule has 154 valence electrons. The summed E-state index contributed by atoms with van der Waals surface area (Å²) < 4.78 is 5.35. The van der Waals surface area contributed by atoms with Crippen molar-refractivity contribution < 1.29 is 9.53 Å². The van der Waals surface area contributed by atoms with E-state index < -0.39 is 0 Å². The molecule has 1 aromatic carbocycles. The largest absolute Gasteiger partial charge is 0.378 e. The van der Waals surface area contributed by atoms with Gasteiger partial charge in [-0.2, -0.15) is 0 Å². The number of anilines is 1. The molecule has 3 heterocycles. The van der Waals surface area contributed by atoms with E-state index in [0.717, 1.165) is 26.1 Å². The first-order chi connectivity index (χ1) is 14.0. The van der Waals surface area contributed by atoms with E-state index in [0.29, 0.717) is 49.8 Å². The molecule has 2 aliphatic heterocycles. The topological polar surface area (TPSA) is 78.5 Å². The zero-order chi connectivity index (χ0) is 20.4. The molecule has 0 aliphatic carbocycles. The Morgan fingerprint density at radius 3 is 2.76 bits per heavy atom. The summed E-state index contributed by atoms with van der Waals surface area (Å²) in [5.74, 6) is 0.682. The maximum atomic E-state index is 12.8. The molecule has 1 fully saturated rings. The SMILES string of the molecule is Cc1cccc2c1CCN(C(=O)CCc1c(C)nc(N3CCOCC3)[nH]c1=O)C2. The summed E-state index contributed by atoms with van der Waals surface area (Å²) in [5, 5.41) is 0. The van der Waals surface area contributed by atoms with Crippen molar-refractivity contribution >= 4 is 11.9 Å². The normalized spacial score (nSPS) is 16.6. The number of nitrogens with zero attached hydrogens (tertiary/aromatic N) is 3. The Morgan fingerprint density at radius 1 is 1.21 bits per heavy atom. The van der Waals surface area contributed by atoms with E-state index in [1.807, 2.05) is 22.8 Å². The van der Waals surface area contributed by atoms with Gasteiger partial charge in [-0.15, -0.1) is 0 Å². The molecule has 0 spiro atoms. The third-order valence-electron chi connectivity index (χ3n) is 5.96. The predicted molar refractivity (Wildman–Crippen MR) is 111 cm³/mol. The first-order valence-corrected chi connectivity index (χ1v) is 10.3. The summed E-state index contributed by atoms with van der Waals surface area (Å²) in [6.07, 6.45) is 1.63. The van der Waals surface area contributed by atoms with E-state index in [1.165, 1.54) is 16.7 Å². The van der Waals surface area contributed by atoms with Crippen LogP contribution in [0.2, 0.25) is 0 Å². The Morgan fingerprint density at radius 2 is 2.00 bits per heavy atom. The summed E-state index contributed by atoms with van der Waals surface area (Å²) in [4.78, 5) is 36.8. The number of aromatic nitrogens is 2. The highest BCUT2D eigenvalue weighted by Gasteiger charge is 2.22. The van der Waals surface area contributed by atoms with E-state index in [1.54, 1.807) is 0 Å². The van der Waals surface area contributed by atoms with Crippen LogP contribution in [0.15, 0.2) is 23.0 Å². The first-order valence-electron chi connectivity index (χ1n) is 10.3. The van der Waals surface area contributed by atoms with Crippen LogP contribution in [0.25, 0.3) is 0 Å². The monoisotopic (exact) mass is 396 g/mol. The number of amides is 1. The Bertz CT molecular complexity index is 963. The zero-order valence-electron chi connectivity index (χ0n) is 17.2. The van der Waals surface area contributed by atoms with Crippen LogP contribution >= 0.6 is 0 Å². The standard InChI is InChI=1S/C22H28N4O3/c1-15-4-3-5-17-14-26(9-8-18(15)17)20(27)7-6-19-16(2)23-22(24-21(19)28)25-10-12-29-13-11-25/h3-5H,6-14H2,1-2H3,(H,23,24,28). The van der Waals surface area contributed by atoms with Gasteiger partial charge in [-0.25, -0.2) is 4.98 Å². The number of hydrogen-bond donors (Lipinski definition) is 1. The highest BCUT2D eigenvalue weighted by Crippen LogP contribution is 2.22. The number of carbonyl (C=O) groups is 1. The fourth-order valence-corrected chi connectivity index (χ4v) is 4.22. The van der Waals surface area contributed by atoms with Crippen LogP contribution in [-0.2, 0) is 28.9 Å². The Kier molecular flexibility index (Phi) is 5.67. The van der Waals surface area contributed by atoms with E-state index in [2.05, 4.69) is 29.0 Å². The summed E-state index contributed by atoms with van der Waals surface area (Å²) in [5.41, 5.74) is 5.04. The second-order valence-corrected chi connectivity index (χ2v) is 7.83. The van der Waals surface area contributed by atoms with Gasteiger partial charge in [-0.1, -0.05) is 18.2 Å². The van der Waals surface area contributed by atoms with Gasteiger partial charge < -0.3 is 14.5 Å². The number of benzene rings is 1. The summed E-state index contributed by atoms with van der Waals surface area (Å²) in [7, 11) is 0. The highest BCUT2D eigenvalue weighted by atomic mass is 16.5. The third-order valence-corrected chi connectivity index (χ3v) is 5.96. The predicted octanol–water partition coefficient (Wildman–Crippen LogP) is 1.74. The number of nitrogens with one attached hydrogen (secondary N) is 1. The molecular formula is C22H28N4O3. The molecular weight excluding hydrogens is 368 g/mol. The van der Waals surface area contributed by atoms with E-state index in [9.17, 15) is 9.59 Å². The minimum atomic E-state index is -0.147. The fourth-order valence-electron chi connectivity index (χ4n) is 4.22. The van der Waals surface area contributed by atoms with Gasteiger partial charge in [0.2, 0.25) is 11.9 Å². The molecule has 0 radical (unpaired) electrons. The number of fused-ring (bicyclic) bond motifs is 1. The van der Waals surface area contributed by atoms with E-state index in [-0.39, 0.29) is 11.5 Å². The lowest BCUT2D eigenvalue weighted by atomic mass is 9.95. The van der Waals surface area contributed by atoms with Crippen molar-refractivity contribution in [2.45, 2.75) is 39.7 Å². The molecule has 2 aliphatic rings. The molecule has 0 saturated carbocycles. The lowest BCUT2D eigenvalue weighted by Crippen LogP contribution is -2.39. The van der Waals surface area contributed by atoms with Gasteiger partial charge in [-0.3, -0.25) is 14.6 Å². The smallest absolute Gasteiger partial charge is 0.255 e. The van der Waals surface area contributed by atoms with Crippen molar-refractivity contribution in [3.05, 3.63) is 56.5 Å². The van der Waals surface area contributed by atoms with Crippen LogP contribution in [0.3, 0.4) is 0 Å². The number of hydrogen-bond acceptors (Lipinski definition) is 5. The molecule has 7 heteroatoms. The number of rotatable bonds is 4. The second kappa shape index (κ2) is 8.37. The van der Waals surface area contributed by atoms with Gasteiger partial charge >= 0.3 is 0 Å². The second-order valence-electron chi connectivity index (χ2n) is 7.83. The van der Waals surface area contributed by atoms with E-state index >= 15 is 0 Å². The van der Waals surface area contributed by atoms with Crippen LogP contribution in [0, 0.1) is 13.8 Å². The Labute approximate surface area is 170 Å². The quantitative estimate of drug-likeness (QED) is 0.852. The van der Waals surface area contributed by atoms with Gasteiger partial charge in [-0.05, 0) is 43.4 Å². The lowest BCUT2D eigenvalue weighted by Gasteiger charge is -2.30. The lowest BCUT2D eigenvalue weighted by molar-refractivity contribution is -0.132. The van der Waals surface area contributed by atoms with Gasteiger partial charge in [0.1, 0.15) is 0 Å². The summed E-state index contributed by atoms with van der Waals surface area (Å²) in [6, 6.07) is 6.27. The molecule has 4 rings (SSSR count). The zero-order valence-corrected chi connectivity index (χ0v) is 17.2. The molecule has 7 nitrogen and oxygen atoms in total. The highest BCUT2D eigenvalue weighted by molar-refractivity contribution is 5.77. The van der Waals surface area contributed by atoms with Gasteiger partial charge in [0.25, 0.3) is 5.56 Å². The Balaban J connectivity index is 1.41. The van der Waals surface area contributed by atoms with Gasteiger partial charge in [0.15, 0.2) is 0 Å². The average Bonchev–Trinajstić information content (AvgIpc) is 2.73. The number of aromatic amines is 1.